The number of likely N-dealkylation sites (tertiary alicyclic amines) is 1. The molecule has 0 saturated carbocycles. The van der Waals surface area contributed by atoms with Crippen molar-refractivity contribution in [3.8, 4) is 17.2 Å². The normalized spacial score (nSPS) is 16.6. The molecule has 0 unspecified atom stereocenters. The van der Waals surface area contributed by atoms with E-state index in [1.807, 2.05) is 6.07 Å². The predicted octanol–water partition coefficient (Wildman–Crippen LogP) is 3.18. The average Bonchev–Trinajstić information content (AvgIpc) is 3.17. The Morgan fingerprint density at radius 3 is 2.33 bits per heavy atom. The zero-order chi connectivity index (χ0) is 25.9. The molecule has 0 bridgehead atoms. The van der Waals surface area contributed by atoms with Gasteiger partial charge in [0.25, 0.3) is 5.69 Å². The van der Waals surface area contributed by atoms with Crippen LogP contribution < -0.4 is 14.2 Å². The summed E-state index contributed by atoms with van der Waals surface area (Å²) in [7, 11) is 4.58. The van der Waals surface area contributed by atoms with Crippen LogP contribution in [0.15, 0.2) is 36.4 Å². The minimum atomic E-state index is -0.689. The van der Waals surface area contributed by atoms with E-state index in [0.717, 1.165) is 5.56 Å². The Balaban J connectivity index is 1.37. The zero-order valence-electron chi connectivity index (χ0n) is 20.5. The standard InChI is InChI=1S/C25H29N3O8/c1-33-20-7-5-19(28(31)32)14-18(20)15-27-16-25(36-24(27)30)8-10-26(11-9-25)23(29)13-17-4-6-21(34-2)22(12-17)35-3/h4-7,12,14H,8-11,13,15-16H2,1-3H3. The maximum absolute atomic E-state index is 12.9. The van der Waals surface area contributed by atoms with Crippen LogP contribution in [0, 0.1) is 10.1 Å². The van der Waals surface area contributed by atoms with E-state index in [-0.39, 0.29) is 24.6 Å². The van der Waals surface area contributed by atoms with E-state index in [9.17, 15) is 19.7 Å². The molecule has 0 N–H and O–H groups in total. The first-order valence-corrected chi connectivity index (χ1v) is 11.6. The lowest BCUT2D eigenvalue weighted by Crippen LogP contribution is -2.49. The van der Waals surface area contributed by atoms with Crippen molar-refractivity contribution in [1.29, 1.82) is 0 Å². The molecule has 2 aliphatic rings. The monoisotopic (exact) mass is 499 g/mol. The number of carbonyl (C=O) groups excluding carboxylic acids is 2. The van der Waals surface area contributed by atoms with Crippen LogP contribution in [0.5, 0.6) is 17.2 Å². The second-order valence-electron chi connectivity index (χ2n) is 8.91. The molecule has 1 spiro atoms. The van der Waals surface area contributed by atoms with Crippen molar-refractivity contribution in [2.24, 2.45) is 0 Å². The van der Waals surface area contributed by atoms with Gasteiger partial charge in [-0.3, -0.25) is 19.8 Å². The maximum atomic E-state index is 12.9. The summed E-state index contributed by atoms with van der Waals surface area (Å²) in [6, 6.07) is 9.70. The van der Waals surface area contributed by atoms with Gasteiger partial charge >= 0.3 is 6.09 Å². The highest BCUT2D eigenvalue weighted by molar-refractivity contribution is 5.79. The number of rotatable bonds is 8. The largest absolute Gasteiger partial charge is 0.496 e. The number of hydrogen-bond donors (Lipinski definition) is 0. The number of benzene rings is 2. The molecule has 11 nitrogen and oxygen atoms in total. The van der Waals surface area contributed by atoms with Crippen molar-refractivity contribution >= 4 is 17.7 Å². The molecule has 0 radical (unpaired) electrons. The van der Waals surface area contributed by atoms with Crippen LogP contribution in [0.2, 0.25) is 0 Å². The third-order valence-electron chi connectivity index (χ3n) is 6.71. The summed E-state index contributed by atoms with van der Waals surface area (Å²) in [6.07, 6.45) is 0.776. The average molecular weight is 500 g/mol. The van der Waals surface area contributed by atoms with Gasteiger partial charge in [0, 0.05) is 43.6 Å². The second-order valence-corrected chi connectivity index (χ2v) is 8.91. The fourth-order valence-corrected chi connectivity index (χ4v) is 4.72. The second kappa shape index (κ2) is 10.3. The molecule has 36 heavy (non-hydrogen) atoms. The van der Waals surface area contributed by atoms with E-state index >= 15 is 0 Å². The third-order valence-corrected chi connectivity index (χ3v) is 6.71. The number of methoxy groups -OCH3 is 3. The Bertz CT molecular complexity index is 1160. The van der Waals surface area contributed by atoms with Gasteiger partial charge in [-0.15, -0.1) is 0 Å². The number of hydrogen-bond acceptors (Lipinski definition) is 8. The molecular weight excluding hydrogens is 470 g/mol. The van der Waals surface area contributed by atoms with Crippen LogP contribution in [-0.2, 0) is 22.5 Å². The smallest absolute Gasteiger partial charge is 0.410 e. The zero-order valence-corrected chi connectivity index (χ0v) is 20.5. The summed E-state index contributed by atoms with van der Waals surface area (Å²) < 4.78 is 21.7. The first kappa shape index (κ1) is 25.1. The van der Waals surface area contributed by atoms with Crippen molar-refractivity contribution in [3.05, 3.63) is 57.6 Å². The van der Waals surface area contributed by atoms with Crippen molar-refractivity contribution in [2.75, 3.05) is 41.0 Å². The number of non-ortho nitro benzene ring substituents is 1. The van der Waals surface area contributed by atoms with E-state index in [2.05, 4.69) is 0 Å². The number of piperidine rings is 1. The van der Waals surface area contributed by atoms with Gasteiger partial charge in [-0.2, -0.15) is 0 Å². The summed E-state index contributed by atoms with van der Waals surface area (Å²) in [6.45, 7) is 1.41. The molecule has 0 aliphatic carbocycles. The van der Waals surface area contributed by atoms with Crippen molar-refractivity contribution in [1.82, 2.24) is 9.80 Å². The third kappa shape index (κ3) is 5.14. The summed E-state index contributed by atoms with van der Waals surface area (Å²) >= 11 is 0. The predicted molar refractivity (Wildman–Crippen MR) is 128 cm³/mol. The molecule has 2 saturated heterocycles. The molecule has 0 aromatic heterocycles. The molecule has 2 amide bonds. The van der Waals surface area contributed by atoms with Crippen LogP contribution in [-0.4, -0.2) is 73.3 Å². The molecule has 0 atom stereocenters. The fraction of sp³-hybridized carbons (Fsp3) is 0.440. The van der Waals surface area contributed by atoms with E-state index in [1.54, 1.807) is 31.3 Å². The lowest BCUT2D eigenvalue weighted by Gasteiger charge is -2.37. The van der Waals surface area contributed by atoms with Gasteiger partial charge in [-0.05, 0) is 23.8 Å². The molecule has 2 heterocycles. The maximum Gasteiger partial charge on any atom is 0.410 e. The van der Waals surface area contributed by atoms with E-state index in [0.29, 0.717) is 55.3 Å². The van der Waals surface area contributed by atoms with Crippen molar-refractivity contribution in [2.45, 2.75) is 31.4 Å². The number of nitrogens with zero attached hydrogens (tertiary/aromatic N) is 3. The minimum Gasteiger partial charge on any atom is -0.496 e. The van der Waals surface area contributed by atoms with E-state index in [1.165, 1.54) is 30.2 Å². The summed E-state index contributed by atoms with van der Waals surface area (Å²) in [5.41, 5.74) is 0.588. The molecular formula is C25H29N3O8. The van der Waals surface area contributed by atoms with Gasteiger partial charge in [0.2, 0.25) is 5.91 Å². The first-order chi connectivity index (χ1) is 17.3. The van der Waals surface area contributed by atoms with Crippen LogP contribution in [0.1, 0.15) is 24.0 Å². The summed E-state index contributed by atoms with van der Waals surface area (Å²) in [4.78, 5) is 39.6. The Morgan fingerprint density at radius 2 is 1.69 bits per heavy atom. The topological polar surface area (TPSA) is 121 Å². The molecule has 2 aromatic rings. The number of nitro benzene ring substituents is 1. The Kier molecular flexibility index (Phi) is 7.18. The lowest BCUT2D eigenvalue weighted by atomic mass is 9.91. The van der Waals surface area contributed by atoms with Crippen LogP contribution in [0.3, 0.4) is 0 Å². The van der Waals surface area contributed by atoms with Crippen molar-refractivity contribution in [3.63, 3.8) is 0 Å². The summed E-state index contributed by atoms with van der Waals surface area (Å²) in [5, 5.41) is 11.2. The highest BCUT2D eigenvalue weighted by Crippen LogP contribution is 2.36. The SMILES string of the molecule is COc1ccc([N+](=O)[O-])cc1CN1CC2(CCN(C(=O)Cc3ccc(OC)c(OC)c3)CC2)OC1=O. The number of amides is 2. The Hall–Kier alpha value is -4.02. The quantitative estimate of drug-likeness (QED) is 0.401. The lowest BCUT2D eigenvalue weighted by molar-refractivity contribution is -0.384. The van der Waals surface area contributed by atoms with Crippen LogP contribution >= 0.6 is 0 Å². The first-order valence-electron chi connectivity index (χ1n) is 11.6. The fourth-order valence-electron chi connectivity index (χ4n) is 4.72. The molecule has 2 fully saturated rings. The Labute approximate surface area is 208 Å². The van der Waals surface area contributed by atoms with E-state index < -0.39 is 16.6 Å². The summed E-state index contributed by atoms with van der Waals surface area (Å²) in [5.74, 6) is 1.62. The van der Waals surface area contributed by atoms with Gasteiger partial charge in [-0.1, -0.05) is 6.07 Å². The van der Waals surface area contributed by atoms with Gasteiger partial charge in [0.05, 0.1) is 45.8 Å². The molecule has 4 rings (SSSR count). The molecule has 192 valence electrons. The number of carbonyl (C=O) groups is 2. The van der Waals surface area contributed by atoms with E-state index in [4.69, 9.17) is 18.9 Å². The molecule has 2 aliphatic heterocycles. The number of nitro groups is 1. The minimum absolute atomic E-state index is 0.0143. The number of ether oxygens (including phenoxy) is 4. The molecule has 2 aromatic carbocycles. The van der Waals surface area contributed by atoms with Crippen molar-refractivity contribution < 1.29 is 33.5 Å². The van der Waals surface area contributed by atoms with Gasteiger partial charge < -0.3 is 23.8 Å². The van der Waals surface area contributed by atoms with Crippen LogP contribution in [0.25, 0.3) is 0 Å². The molecule has 11 heteroatoms. The van der Waals surface area contributed by atoms with Gasteiger partial charge in [-0.25, -0.2) is 4.79 Å². The van der Waals surface area contributed by atoms with Gasteiger partial charge in [0.1, 0.15) is 11.4 Å². The Morgan fingerprint density at radius 1 is 1.03 bits per heavy atom. The highest BCUT2D eigenvalue weighted by Gasteiger charge is 2.47. The highest BCUT2D eigenvalue weighted by atomic mass is 16.6. The van der Waals surface area contributed by atoms with Gasteiger partial charge in [0.15, 0.2) is 11.5 Å². The van der Waals surface area contributed by atoms with Crippen LogP contribution in [0.4, 0.5) is 10.5 Å².